The van der Waals surface area contributed by atoms with Crippen molar-refractivity contribution in [1.29, 1.82) is 5.41 Å². The Hall–Kier alpha value is -6.37. The first-order chi connectivity index (χ1) is 27.1. The van der Waals surface area contributed by atoms with Crippen LogP contribution in [0.3, 0.4) is 0 Å². The number of rotatable bonds is 10. The van der Waals surface area contributed by atoms with E-state index in [-0.39, 0.29) is 48.1 Å². The Morgan fingerprint density at radius 3 is 2.61 bits per heavy atom. The predicted molar refractivity (Wildman–Crippen MR) is 204 cm³/mol. The van der Waals surface area contributed by atoms with Gasteiger partial charge < -0.3 is 35.9 Å². The van der Waals surface area contributed by atoms with Crippen LogP contribution in [0, 0.1) is 18.2 Å². The number of ether oxygens (including phenoxy) is 1. The Morgan fingerprint density at radius 1 is 1.12 bits per heavy atom. The van der Waals surface area contributed by atoms with Gasteiger partial charge in [-0.05, 0) is 62.2 Å². The standard InChI is InChI=1S/C38H41F4N11O4/c1-5-46-36(43)49-21(3)48-33(54)27(50-34(55)31-20(2)15-23(17-26(31)39)52-13-14-57-19-30(52)38(40,41)42)16-22-8-9-28(32-24(22)7-6-11-47-32)53-35(56)25-10-12-45-18-29(25)51(4)37(53)44/h6-12,15,17-18,21,27,30,44H,5,13-14,16,19H2,1-4H3,(H,48,54)(H,50,55)(H3,43,46,49)/t21?,27-,30+/m0/s1. The number of aryl methyl sites for hydroxylation is 2. The molecule has 2 aromatic carbocycles. The number of nitrogens with one attached hydrogen (secondary N) is 4. The van der Waals surface area contributed by atoms with Gasteiger partial charge in [-0.3, -0.25) is 34.8 Å². The fourth-order valence-electron chi connectivity index (χ4n) is 6.92. The minimum Gasteiger partial charge on any atom is -0.377 e. The van der Waals surface area contributed by atoms with Gasteiger partial charge in [0.25, 0.3) is 11.5 Å². The monoisotopic (exact) mass is 791 g/mol. The molecule has 1 unspecified atom stereocenters. The number of fused-ring (bicyclic) bond motifs is 2. The summed E-state index contributed by atoms with van der Waals surface area (Å²) in [5, 5.41) is 17.9. The molecule has 19 heteroatoms. The molecule has 0 bridgehead atoms. The topological polar surface area (TPSA) is 198 Å². The molecule has 1 fully saturated rings. The van der Waals surface area contributed by atoms with Crippen molar-refractivity contribution in [1.82, 2.24) is 35.1 Å². The second-order valence-electron chi connectivity index (χ2n) is 13.5. The van der Waals surface area contributed by atoms with Crippen LogP contribution in [0.1, 0.15) is 35.3 Å². The summed E-state index contributed by atoms with van der Waals surface area (Å²) >= 11 is 0. The number of anilines is 1. The highest BCUT2D eigenvalue weighted by atomic mass is 19.4. The van der Waals surface area contributed by atoms with E-state index in [1.54, 1.807) is 51.2 Å². The highest BCUT2D eigenvalue weighted by Gasteiger charge is 2.45. The number of carbonyl (C=O) groups excluding carboxylic acids is 2. The van der Waals surface area contributed by atoms with Gasteiger partial charge in [0.05, 0.1) is 53.2 Å². The Balaban J connectivity index is 1.37. The molecule has 57 heavy (non-hydrogen) atoms. The largest absolute Gasteiger partial charge is 0.411 e. The Morgan fingerprint density at radius 2 is 1.89 bits per heavy atom. The predicted octanol–water partition coefficient (Wildman–Crippen LogP) is 2.69. The molecule has 2 amide bonds. The van der Waals surface area contributed by atoms with E-state index in [4.69, 9.17) is 15.9 Å². The molecule has 0 aliphatic carbocycles. The number of aromatic nitrogens is 4. The van der Waals surface area contributed by atoms with Crippen LogP contribution in [0.4, 0.5) is 23.2 Å². The number of benzene rings is 2. The Labute approximate surface area is 323 Å². The molecule has 1 saturated heterocycles. The third kappa shape index (κ3) is 8.28. The molecule has 4 heterocycles. The molecule has 3 aromatic heterocycles. The molecule has 300 valence electrons. The van der Waals surface area contributed by atoms with Crippen molar-refractivity contribution < 1.29 is 31.9 Å². The van der Waals surface area contributed by atoms with Crippen LogP contribution in [0.15, 0.2) is 70.8 Å². The van der Waals surface area contributed by atoms with E-state index in [1.807, 2.05) is 0 Å². The number of pyridine rings is 2. The molecular formula is C38H41F4N11O4. The van der Waals surface area contributed by atoms with Crippen LogP contribution in [0.5, 0.6) is 0 Å². The summed E-state index contributed by atoms with van der Waals surface area (Å²) in [5.41, 5.74) is 6.35. The van der Waals surface area contributed by atoms with E-state index in [2.05, 4.69) is 30.9 Å². The number of alkyl halides is 3. The van der Waals surface area contributed by atoms with Gasteiger partial charge in [-0.25, -0.2) is 8.96 Å². The van der Waals surface area contributed by atoms with Crippen molar-refractivity contribution >= 4 is 45.3 Å². The lowest BCUT2D eigenvalue weighted by Crippen LogP contribution is -2.55. The maximum atomic E-state index is 15.9. The molecule has 0 spiro atoms. The van der Waals surface area contributed by atoms with Crippen LogP contribution in [-0.2, 0) is 23.0 Å². The van der Waals surface area contributed by atoms with Gasteiger partial charge in [0.15, 0.2) is 5.96 Å². The second kappa shape index (κ2) is 16.4. The third-order valence-electron chi connectivity index (χ3n) is 9.64. The second-order valence-corrected chi connectivity index (χ2v) is 13.5. The van der Waals surface area contributed by atoms with Crippen molar-refractivity contribution in [3.63, 3.8) is 0 Å². The van der Waals surface area contributed by atoms with E-state index in [1.165, 1.54) is 40.7 Å². The smallest absolute Gasteiger partial charge is 0.377 e. The minimum absolute atomic E-state index is 0.000271. The third-order valence-corrected chi connectivity index (χ3v) is 9.64. The normalized spacial score (nSPS) is 16.0. The summed E-state index contributed by atoms with van der Waals surface area (Å²) in [5.74, 6) is -2.69. The number of halogens is 4. The number of hydrogen-bond acceptors (Lipinski definition) is 9. The van der Waals surface area contributed by atoms with Gasteiger partial charge in [0.1, 0.15) is 17.9 Å². The maximum absolute atomic E-state index is 15.9. The summed E-state index contributed by atoms with van der Waals surface area (Å²) in [7, 11) is 1.63. The maximum Gasteiger partial charge on any atom is 0.411 e. The van der Waals surface area contributed by atoms with E-state index >= 15 is 4.39 Å². The van der Waals surface area contributed by atoms with Gasteiger partial charge >= 0.3 is 6.18 Å². The number of aliphatic imine (C=N–C) groups is 1. The number of carbonyl (C=O) groups is 2. The highest BCUT2D eigenvalue weighted by molar-refractivity contribution is 6.00. The van der Waals surface area contributed by atoms with Crippen LogP contribution >= 0.6 is 0 Å². The molecule has 1 aliphatic heterocycles. The zero-order valence-electron chi connectivity index (χ0n) is 31.4. The zero-order valence-corrected chi connectivity index (χ0v) is 31.4. The number of nitrogens with zero attached hydrogens (tertiary/aromatic N) is 6. The minimum atomic E-state index is -4.65. The fourth-order valence-corrected chi connectivity index (χ4v) is 6.92. The van der Waals surface area contributed by atoms with E-state index in [0.29, 0.717) is 33.9 Å². The first-order valence-electron chi connectivity index (χ1n) is 18.0. The van der Waals surface area contributed by atoms with Crippen LogP contribution in [-0.4, -0.2) is 87.6 Å². The number of hydrogen-bond donors (Lipinski definition) is 5. The average Bonchev–Trinajstić information content (AvgIpc) is 3.16. The van der Waals surface area contributed by atoms with Gasteiger partial charge in [-0.15, -0.1) is 0 Å². The van der Waals surface area contributed by atoms with Crippen molar-refractivity contribution in [2.75, 3.05) is 31.2 Å². The number of morpholine rings is 1. The summed E-state index contributed by atoms with van der Waals surface area (Å²) < 4.78 is 65.1. The first-order valence-corrected chi connectivity index (χ1v) is 18.0. The lowest BCUT2D eigenvalue weighted by Gasteiger charge is -2.38. The van der Waals surface area contributed by atoms with Crippen molar-refractivity contribution in [3.05, 3.63) is 99.5 Å². The van der Waals surface area contributed by atoms with Crippen LogP contribution in [0.2, 0.25) is 0 Å². The highest BCUT2D eigenvalue weighted by Crippen LogP contribution is 2.33. The summed E-state index contributed by atoms with van der Waals surface area (Å²) in [6.45, 7) is 4.37. The lowest BCUT2D eigenvalue weighted by molar-refractivity contribution is -0.167. The molecule has 0 radical (unpaired) electrons. The van der Waals surface area contributed by atoms with Crippen LogP contribution in [0.25, 0.3) is 27.5 Å². The molecule has 15 nitrogen and oxygen atoms in total. The molecule has 1 aliphatic rings. The number of nitrogens with two attached hydrogens (primary N) is 1. The average molecular weight is 792 g/mol. The van der Waals surface area contributed by atoms with E-state index < -0.39 is 59.8 Å². The van der Waals surface area contributed by atoms with Crippen molar-refractivity contribution in [2.24, 2.45) is 17.8 Å². The lowest BCUT2D eigenvalue weighted by atomic mass is 9.98. The molecule has 6 N–H and O–H groups in total. The molecule has 0 saturated carbocycles. The van der Waals surface area contributed by atoms with E-state index in [9.17, 15) is 27.6 Å². The Kier molecular flexibility index (Phi) is 11.6. The quantitative estimate of drug-likeness (QED) is 0.0612. The molecule has 3 atom stereocenters. The SMILES string of the molecule is CCN=C(N)NC(C)NC(=O)[C@H](Cc1ccc(-n2c(=O)c3ccncc3n(C)c2=N)c2ncccc12)NC(=O)c1c(C)cc(N2CCOC[C@@H]2C(F)(F)F)cc1F. The van der Waals surface area contributed by atoms with Gasteiger partial charge in [-0.2, -0.15) is 13.2 Å². The van der Waals surface area contributed by atoms with Gasteiger partial charge in [0, 0.05) is 50.0 Å². The Bertz CT molecular complexity index is 2480. The summed E-state index contributed by atoms with van der Waals surface area (Å²) in [4.78, 5) is 55.3. The van der Waals surface area contributed by atoms with Crippen molar-refractivity contribution in [2.45, 2.75) is 51.6 Å². The van der Waals surface area contributed by atoms with Crippen molar-refractivity contribution in [3.8, 4) is 5.69 Å². The van der Waals surface area contributed by atoms with Gasteiger partial charge in [-0.1, -0.05) is 12.1 Å². The molecular weight excluding hydrogens is 750 g/mol. The summed E-state index contributed by atoms with van der Waals surface area (Å²) in [6.07, 6.45) is -1.10. The fraction of sp³-hybridized carbons (Fsp3) is 0.342. The molecule has 6 rings (SSSR count). The van der Waals surface area contributed by atoms with E-state index in [0.717, 1.165) is 11.0 Å². The molecule has 5 aromatic rings. The summed E-state index contributed by atoms with van der Waals surface area (Å²) in [6, 6.07) is 6.95. The van der Waals surface area contributed by atoms with Crippen LogP contribution < -0.4 is 37.8 Å². The number of amides is 2. The first kappa shape index (κ1) is 40.3. The zero-order chi connectivity index (χ0) is 41.2. The number of guanidine groups is 1. The van der Waals surface area contributed by atoms with Gasteiger partial charge in [0.2, 0.25) is 11.5 Å².